The van der Waals surface area contributed by atoms with Crippen molar-refractivity contribution in [2.45, 2.75) is 31.9 Å². The van der Waals surface area contributed by atoms with Crippen molar-refractivity contribution in [2.24, 2.45) is 0 Å². The molecule has 0 bridgehead atoms. The summed E-state index contributed by atoms with van der Waals surface area (Å²) in [4.78, 5) is 20.2. The number of carbonyl (C=O) groups excluding carboxylic acids is 1. The highest BCUT2D eigenvalue weighted by Crippen LogP contribution is 2.22. The number of aromatic nitrogens is 2. The van der Waals surface area contributed by atoms with Gasteiger partial charge in [0.15, 0.2) is 0 Å². The van der Waals surface area contributed by atoms with E-state index in [1.807, 2.05) is 36.7 Å². The quantitative estimate of drug-likeness (QED) is 0.823. The van der Waals surface area contributed by atoms with Gasteiger partial charge in [-0.05, 0) is 20.5 Å². The molecule has 2 rings (SSSR count). The monoisotopic (exact) mass is 280 g/mol. The Balaban J connectivity index is 1.95. The van der Waals surface area contributed by atoms with Crippen LogP contribution in [0.3, 0.4) is 0 Å². The van der Waals surface area contributed by atoms with Crippen LogP contribution in [-0.2, 0) is 17.8 Å². The van der Waals surface area contributed by atoms with E-state index in [-0.39, 0.29) is 5.91 Å². The maximum atomic E-state index is 12.3. The smallest absolute Gasteiger partial charge is 0.242 e. The van der Waals surface area contributed by atoms with Crippen LogP contribution in [0.15, 0.2) is 12.4 Å². The number of likely N-dealkylation sites (tertiary alicyclic amines) is 1. The van der Waals surface area contributed by atoms with Crippen molar-refractivity contribution < 1.29 is 9.90 Å². The lowest BCUT2D eigenvalue weighted by molar-refractivity contribution is -0.131. The number of rotatable bonds is 5. The maximum Gasteiger partial charge on any atom is 0.242 e. The average Bonchev–Trinajstić information content (AvgIpc) is 2.95. The first-order valence-corrected chi connectivity index (χ1v) is 7.08. The van der Waals surface area contributed by atoms with E-state index in [4.69, 9.17) is 0 Å². The minimum Gasteiger partial charge on any atom is -0.387 e. The van der Waals surface area contributed by atoms with Crippen LogP contribution >= 0.6 is 0 Å². The minimum atomic E-state index is -0.776. The van der Waals surface area contributed by atoms with Crippen LogP contribution in [0.2, 0.25) is 0 Å². The SMILES string of the molecule is CCc1nccn1CC(=O)N1CC[C@@](O)(CN(C)C)C1. The molecule has 2 heterocycles. The van der Waals surface area contributed by atoms with E-state index >= 15 is 0 Å². The molecule has 1 amide bonds. The molecule has 1 aliphatic heterocycles. The second-order valence-corrected chi connectivity index (χ2v) is 5.85. The molecule has 0 saturated carbocycles. The van der Waals surface area contributed by atoms with E-state index in [2.05, 4.69) is 4.98 Å². The van der Waals surface area contributed by atoms with E-state index < -0.39 is 5.60 Å². The molecular weight excluding hydrogens is 256 g/mol. The van der Waals surface area contributed by atoms with Crippen LogP contribution in [0.25, 0.3) is 0 Å². The number of nitrogens with zero attached hydrogens (tertiary/aromatic N) is 4. The number of likely N-dealkylation sites (N-methyl/N-ethyl adjacent to an activating group) is 1. The lowest BCUT2D eigenvalue weighted by Gasteiger charge is -2.26. The molecule has 1 fully saturated rings. The summed E-state index contributed by atoms with van der Waals surface area (Å²) in [5.41, 5.74) is -0.776. The van der Waals surface area contributed by atoms with E-state index in [0.717, 1.165) is 12.2 Å². The third-order valence-electron chi connectivity index (χ3n) is 3.72. The molecule has 1 aromatic heterocycles. The lowest BCUT2D eigenvalue weighted by atomic mass is 10.0. The van der Waals surface area contributed by atoms with Crippen LogP contribution in [0.4, 0.5) is 0 Å². The van der Waals surface area contributed by atoms with Crippen molar-refractivity contribution in [2.75, 3.05) is 33.7 Å². The number of hydrogen-bond donors (Lipinski definition) is 1. The maximum absolute atomic E-state index is 12.3. The van der Waals surface area contributed by atoms with Gasteiger partial charge in [0.1, 0.15) is 12.4 Å². The van der Waals surface area contributed by atoms with Gasteiger partial charge in [0.05, 0.1) is 12.1 Å². The van der Waals surface area contributed by atoms with Gasteiger partial charge < -0.3 is 19.5 Å². The van der Waals surface area contributed by atoms with Crippen molar-refractivity contribution >= 4 is 5.91 Å². The summed E-state index contributed by atoms with van der Waals surface area (Å²) in [6.45, 7) is 3.96. The first-order valence-electron chi connectivity index (χ1n) is 7.08. The Hall–Kier alpha value is -1.40. The summed E-state index contributed by atoms with van der Waals surface area (Å²) in [5, 5.41) is 10.5. The Labute approximate surface area is 120 Å². The molecule has 0 unspecified atom stereocenters. The fourth-order valence-electron chi connectivity index (χ4n) is 2.83. The van der Waals surface area contributed by atoms with Crippen molar-refractivity contribution in [3.05, 3.63) is 18.2 Å². The molecule has 1 saturated heterocycles. The van der Waals surface area contributed by atoms with E-state index in [1.165, 1.54) is 0 Å². The average molecular weight is 280 g/mol. The summed E-state index contributed by atoms with van der Waals surface area (Å²) in [6, 6.07) is 0. The van der Waals surface area contributed by atoms with Gasteiger partial charge >= 0.3 is 0 Å². The number of carbonyl (C=O) groups is 1. The van der Waals surface area contributed by atoms with Gasteiger partial charge in [-0.3, -0.25) is 4.79 Å². The van der Waals surface area contributed by atoms with Crippen molar-refractivity contribution in [1.82, 2.24) is 19.4 Å². The van der Waals surface area contributed by atoms with Crippen LogP contribution in [0, 0.1) is 0 Å². The molecule has 0 aliphatic carbocycles. The van der Waals surface area contributed by atoms with Crippen molar-refractivity contribution in [3.63, 3.8) is 0 Å². The molecule has 0 aromatic carbocycles. The highest BCUT2D eigenvalue weighted by atomic mass is 16.3. The molecule has 0 radical (unpaired) electrons. The van der Waals surface area contributed by atoms with Gasteiger partial charge in [0, 0.05) is 31.9 Å². The molecule has 1 N–H and O–H groups in total. The number of β-amino-alcohol motifs (C(OH)–C–C–N with tert-alkyl or cyclic N) is 1. The molecular formula is C14H24N4O2. The van der Waals surface area contributed by atoms with Gasteiger partial charge in [0.2, 0.25) is 5.91 Å². The van der Waals surface area contributed by atoms with Gasteiger partial charge in [-0.15, -0.1) is 0 Å². The minimum absolute atomic E-state index is 0.0485. The largest absolute Gasteiger partial charge is 0.387 e. The summed E-state index contributed by atoms with van der Waals surface area (Å²) in [5.74, 6) is 0.966. The van der Waals surface area contributed by atoms with Crippen LogP contribution in [-0.4, -0.2) is 69.7 Å². The van der Waals surface area contributed by atoms with E-state index in [9.17, 15) is 9.90 Å². The zero-order valence-corrected chi connectivity index (χ0v) is 12.5. The van der Waals surface area contributed by atoms with Gasteiger partial charge in [-0.25, -0.2) is 4.98 Å². The molecule has 6 nitrogen and oxygen atoms in total. The standard InChI is InChI=1S/C14H24N4O2/c1-4-12-15-6-8-17(12)9-13(19)18-7-5-14(20,11-18)10-16(2)3/h6,8,20H,4-5,7,9-11H2,1-3H3/t14-/m1/s1. The third kappa shape index (κ3) is 3.37. The molecule has 1 aliphatic rings. The lowest BCUT2D eigenvalue weighted by Crippen LogP contribution is -2.44. The Morgan fingerprint density at radius 3 is 2.95 bits per heavy atom. The van der Waals surface area contributed by atoms with Gasteiger partial charge in [-0.1, -0.05) is 6.92 Å². The first-order chi connectivity index (χ1) is 9.43. The summed E-state index contributed by atoms with van der Waals surface area (Å²) in [6.07, 6.45) is 5.00. The number of hydrogen-bond acceptors (Lipinski definition) is 4. The molecule has 6 heteroatoms. The molecule has 112 valence electrons. The second kappa shape index (κ2) is 5.93. The van der Waals surface area contributed by atoms with E-state index in [1.54, 1.807) is 11.1 Å². The summed E-state index contributed by atoms with van der Waals surface area (Å²) in [7, 11) is 3.86. The topological polar surface area (TPSA) is 61.6 Å². The third-order valence-corrected chi connectivity index (χ3v) is 3.72. The number of aliphatic hydroxyl groups is 1. The normalized spacial score (nSPS) is 22.8. The summed E-state index contributed by atoms with van der Waals surface area (Å²) < 4.78 is 1.88. The first kappa shape index (κ1) is 15.0. The molecule has 1 atom stereocenters. The van der Waals surface area contributed by atoms with Crippen LogP contribution in [0.5, 0.6) is 0 Å². The number of imidazole rings is 1. The Bertz CT molecular complexity index is 471. The highest BCUT2D eigenvalue weighted by Gasteiger charge is 2.38. The predicted molar refractivity (Wildman–Crippen MR) is 76.3 cm³/mol. The van der Waals surface area contributed by atoms with Crippen LogP contribution in [0.1, 0.15) is 19.2 Å². The molecule has 1 aromatic rings. The van der Waals surface area contributed by atoms with Crippen molar-refractivity contribution in [1.29, 1.82) is 0 Å². The fraction of sp³-hybridized carbons (Fsp3) is 0.714. The second-order valence-electron chi connectivity index (χ2n) is 5.85. The Kier molecular flexibility index (Phi) is 4.45. The number of aryl methyl sites for hydroxylation is 1. The zero-order chi connectivity index (χ0) is 14.8. The Morgan fingerprint density at radius 1 is 1.55 bits per heavy atom. The van der Waals surface area contributed by atoms with Crippen LogP contribution < -0.4 is 0 Å². The Morgan fingerprint density at radius 2 is 2.30 bits per heavy atom. The fourth-order valence-corrected chi connectivity index (χ4v) is 2.83. The highest BCUT2D eigenvalue weighted by molar-refractivity contribution is 5.76. The van der Waals surface area contributed by atoms with Crippen molar-refractivity contribution in [3.8, 4) is 0 Å². The van der Waals surface area contributed by atoms with Gasteiger partial charge in [0.25, 0.3) is 0 Å². The predicted octanol–water partition coefficient (Wildman–Crippen LogP) is -0.0295. The van der Waals surface area contributed by atoms with Gasteiger partial charge in [-0.2, -0.15) is 0 Å². The van der Waals surface area contributed by atoms with E-state index in [0.29, 0.717) is 32.6 Å². The zero-order valence-electron chi connectivity index (χ0n) is 12.5. The molecule has 0 spiro atoms. The number of amides is 1. The molecule has 20 heavy (non-hydrogen) atoms. The summed E-state index contributed by atoms with van der Waals surface area (Å²) >= 11 is 0.